The number of nitrogens with one attached hydrogen (secondary N) is 2. The number of hydrogen-bond donors (Lipinski definition) is 2. The summed E-state index contributed by atoms with van der Waals surface area (Å²) in [6.45, 7) is 0. The highest BCUT2D eigenvalue weighted by Gasteiger charge is 2.15. The van der Waals surface area contributed by atoms with Crippen molar-refractivity contribution in [1.82, 2.24) is 9.97 Å². The summed E-state index contributed by atoms with van der Waals surface area (Å²) >= 11 is 0. The number of methoxy groups -OCH3 is 1. The minimum Gasteiger partial charge on any atom is -0.497 e. The van der Waals surface area contributed by atoms with Gasteiger partial charge in [-0.15, -0.1) is 0 Å². The molecule has 0 bridgehead atoms. The average Bonchev–Trinajstić information content (AvgIpc) is 2.47. The summed E-state index contributed by atoms with van der Waals surface area (Å²) < 4.78 is 5.11. The molecule has 2 rings (SSSR count). The Balaban J connectivity index is 2.27. The fraction of sp³-hybridized carbons (Fsp3) is 0.167. The summed E-state index contributed by atoms with van der Waals surface area (Å²) in [7, 11) is 3.13. The van der Waals surface area contributed by atoms with E-state index in [2.05, 4.69) is 20.6 Å². The molecule has 104 valence electrons. The Morgan fingerprint density at radius 2 is 2.20 bits per heavy atom. The maximum atomic E-state index is 10.8. The Morgan fingerprint density at radius 3 is 2.85 bits per heavy atom. The number of ether oxygens (including phenoxy) is 1. The van der Waals surface area contributed by atoms with Gasteiger partial charge in [0.25, 0.3) is 0 Å². The number of rotatable bonds is 5. The van der Waals surface area contributed by atoms with Crippen LogP contribution in [0.2, 0.25) is 0 Å². The fourth-order valence-corrected chi connectivity index (χ4v) is 1.58. The number of benzene rings is 1. The number of aromatic nitrogens is 2. The molecule has 0 unspecified atom stereocenters. The molecule has 20 heavy (non-hydrogen) atoms. The molecule has 0 saturated heterocycles. The van der Waals surface area contributed by atoms with Crippen LogP contribution in [0.15, 0.2) is 30.5 Å². The van der Waals surface area contributed by atoms with E-state index in [0.717, 1.165) is 11.9 Å². The Bertz CT molecular complexity index is 632. The van der Waals surface area contributed by atoms with E-state index in [-0.39, 0.29) is 17.5 Å². The number of nitro groups is 1. The molecular formula is C12H13N5O3. The fourth-order valence-electron chi connectivity index (χ4n) is 1.58. The summed E-state index contributed by atoms with van der Waals surface area (Å²) in [5.74, 6) is 1.09. The zero-order valence-corrected chi connectivity index (χ0v) is 11.0. The number of hydrogen-bond acceptors (Lipinski definition) is 7. The summed E-state index contributed by atoms with van der Waals surface area (Å²) in [5.41, 5.74) is 0.545. The lowest BCUT2D eigenvalue weighted by molar-refractivity contribution is -0.384. The molecule has 0 aliphatic carbocycles. The lowest BCUT2D eigenvalue weighted by Gasteiger charge is -2.08. The minimum absolute atomic E-state index is 0.149. The van der Waals surface area contributed by atoms with Crippen molar-refractivity contribution in [2.24, 2.45) is 0 Å². The van der Waals surface area contributed by atoms with Gasteiger partial charge in [-0.1, -0.05) is 6.07 Å². The van der Waals surface area contributed by atoms with Crippen molar-refractivity contribution in [3.63, 3.8) is 0 Å². The van der Waals surface area contributed by atoms with E-state index in [4.69, 9.17) is 4.74 Å². The third-order valence-corrected chi connectivity index (χ3v) is 2.53. The lowest BCUT2D eigenvalue weighted by atomic mass is 10.3. The van der Waals surface area contributed by atoms with E-state index in [1.165, 1.54) is 0 Å². The summed E-state index contributed by atoms with van der Waals surface area (Å²) in [4.78, 5) is 18.2. The van der Waals surface area contributed by atoms with Crippen LogP contribution in [0.4, 0.5) is 23.1 Å². The van der Waals surface area contributed by atoms with Gasteiger partial charge in [0.15, 0.2) is 0 Å². The summed E-state index contributed by atoms with van der Waals surface area (Å²) in [6, 6.07) is 7.20. The Hall–Kier alpha value is -2.90. The maximum absolute atomic E-state index is 10.8. The van der Waals surface area contributed by atoms with Crippen molar-refractivity contribution < 1.29 is 9.66 Å². The number of anilines is 3. The molecule has 0 aliphatic heterocycles. The highest BCUT2D eigenvalue weighted by atomic mass is 16.6. The highest BCUT2D eigenvalue weighted by Crippen LogP contribution is 2.24. The van der Waals surface area contributed by atoms with Crippen LogP contribution in [-0.2, 0) is 0 Å². The first-order valence-electron chi connectivity index (χ1n) is 5.74. The van der Waals surface area contributed by atoms with E-state index < -0.39 is 4.92 Å². The quantitative estimate of drug-likeness (QED) is 0.636. The molecule has 8 nitrogen and oxygen atoms in total. The smallest absolute Gasteiger partial charge is 0.329 e. The van der Waals surface area contributed by atoms with Crippen molar-refractivity contribution in [2.75, 3.05) is 24.8 Å². The van der Waals surface area contributed by atoms with E-state index in [1.54, 1.807) is 26.3 Å². The van der Waals surface area contributed by atoms with Crippen molar-refractivity contribution >= 4 is 23.1 Å². The average molecular weight is 275 g/mol. The van der Waals surface area contributed by atoms with E-state index in [1.807, 2.05) is 12.1 Å². The molecular weight excluding hydrogens is 262 g/mol. The van der Waals surface area contributed by atoms with E-state index in [0.29, 0.717) is 5.75 Å². The first kappa shape index (κ1) is 13.5. The zero-order valence-electron chi connectivity index (χ0n) is 11.0. The monoisotopic (exact) mass is 275 g/mol. The second-order valence-electron chi connectivity index (χ2n) is 3.79. The minimum atomic E-state index is -0.541. The molecule has 2 N–H and O–H groups in total. The van der Waals surface area contributed by atoms with Gasteiger partial charge in [-0.2, -0.15) is 4.98 Å². The molecule has 1 aromatic carbocycles. The van der Waals surface area contributed by atoms with Crippen LogP contribution in [0.5, 0.6) is 5.75 Å². The maximum Gasteiger partial charge on any atom is 0.329 e. The Kier molecular flexibility index (Phi) is 3.94. The summed E-state index contributed by atoms with van der Waals surface area (Å²) in [6.07, 6.45) is 1.15. The molecule has 2 aromatic rings. The second kappa shape index (κ2) is 5.83. The van der Waals surface area contributed by atoms with Gasteiger partial charge < -0.3 is 15.4 Å². The SMILES string of the molecule is CNc1nc(Nc2cccc(OC)c2)ncc1[N+](=O)[O-]. The van der Waals surface area contributed by atoms with Crippen LogP contribution in [0.3, 0.4) is 0 Å². The van der Waals surface area contributed by atoms with Gasteiger partial charge >= 0.3 is 5.69 Å². The Morgan fingerprint density at radius 1 is 1.40 bits per heavy atom. The molecule has 0 aliphatic rings. The third-order valence-electron chi connectivity index (χ3n) is 2.53. The summed E-state index contributed by atoms with van der Waals surface area (Å²) in [5, 5.41) is 16.4. The Labute approximate surface area is 115 Å². The van der Waals surface area contributed by atoms with Crippen LogP contribution in [-0.4, -0.2) is 29.0 Å². The van der Waals surface area contributed by atoms with Crippen molar-refractivity contribution in [1.29, 1.82) is 0 Å². The number of nitrogens with zero attached hydrogens (tertiary/aromatic N) is 3. The van der Waals surface area contributed by atoms with Crippen molar-refractivity contribution in [3.05, 3.63) is 40.6 Å². The largest absolute Gasteiger partial charge is 0.497 e. The van der Waals surface area contributed by atoms with Gasteiger partial charge in [-0.05, 0) is 12.1 Å². The van der Waals surface area contributed by atoms with Crippen LogP contribution < -0.4 is 15.4 Å². The predicted octanol–water partition coefficient (Wildman–Crippen LogP) is 2.18. The van der Waals surface area contributed by atoms with Gasteiger partial charge in [0.1, 0.15) is 11.9 Å². The van der Waals surface area contributed by atoms with Crippen molar-refractivity contribution in [2.45, 2.75) is 0 Å². The predicted molar refractivity (Wildman–Crippen MR) is 74.5 cm³/mol. The first-order valence-corrected chi connectivity index (χ1v) is 5.74. The molecule has 1 aromatic heterocycles. The molecule has 1 heterocycles. The molecule has 0 saturated carbocycles. The van der Waals surface area contributed by atoms with Crippen LogP contribution >= 0.6 is 0 Å². The highest BCUT2D eigenvalue weighted by molar-refractivity contribution is 5.61. The molecule has 0 atom stereocenters. The topological polar surface area (TPSA) is 102 Å². The standard InChI is InChI=1S/C12H13N5O3/c1-13-11-10(17(18)19)7-14-12(16-11)15-8-4-3-5-9(6-8)20-2/h3-7H,1-2H3,(H2,13,14,15,16). The molecule has 0 amide bonds. The molecule has 0 radical (unpaired) electrons. The lowest BCUT2D eigenvalue weighted by Crippen LogP contribution is -2.04. The molecule has 8 heteroatoms. The van der Waals surface area contributed by atoms with Gasteiger partial charge in [-0.3, -0.25) is 10.1 Å². The van der Waals surface area contributed by atoms with Gasteiger partial charge in [0, 0.05) is 18.8 Å². The first-order chi connectivity index (χ1) is 9.63. The van der Waals surface area contributed by atoms with E-state index in [9.17, 15) is 10.1 Å². The van der Waals surface area contributed by atoms with Gasteiger partial charge in [0.05, 0.1) is 12.0 Å². The van der Waals surface area contributed by atoms with Crippen LogP contribution in [0, 0.1) is 10.1 Å². The van der Waals surface area contributed by atoms with Crippen LogP contribution in [0.25, 0.3) is 0 Å². The van der Waals surface area contributed by atoms with Crippen molar-refractivity contribution in [3.8, 4) is 5.75 Å². The van der Waals surface area contributed by atoms with Gasteiger partial charge in [-0.25, -0.2) is 4.98 Å². The van der Waals surface area contributed by atoms with Gasteiger partial charge in [0.2, 0.25) is 11.8 Å². The third kappa shape index (κ3) is 2.91. The molecule has 0 spiro atoms. The molecule has 0 fully saturated rings. The second-order valence-corrected chi connectivity index (χ2v) is 3.79. The van der Waals surface area contributed by atoms with E-state index >= 15 is 0 Å². The normalized spacial score (nSPS) is 9.90. The zero-order chi connectivity index (χ0) is 14.5. The van der Waals surface area contributed by atoms with Crippen LogP contribution in [0.1, 0.15) is 0 Å².